The van der Waals surface area contributed by atoms with Gasteiger partial charge < -0.3 is 0 Å². The fraction of sp³-hybridized carbons (Fsp3) is 0.222. The Balaban J connectivity index is 3.09. The van der Waals surface area contributed by atoms with E-state index in [0.29, 0.717) is 0 Å². The number of hydrogen-bond acceptors (Lipinski definition) is 3. The molecule has 0 radical (unpaired) electrons. The quantitative estimate of drug-likeness (QED) is 0.676. The lowest BCUT2D eigenvalue weighted by Crippen LogP contribution is -2.31. The van der Waals surface area contributed by atoms with Crippen LogP contribution in [-0.4, -0.2) is 19.4 Å². The van der Waals surface area contributed by atoms with Crippen LogP contribution in [0.25, 0.3) is 0 Å². The molecule has 0 saturated heterocycles. The predicted octanol–water partition coefficient (Wildman–Crippen LogP) is 1.69. The number of hydrogen-bond donors (Lipinski definition) is 1. The highest BCUT2D eigenvalue weighted by molar-refractivity contribution is 7.89. The van der Waals surface area contributed by atoms with E-state index >= 15 is 0 Å². The van der Waals surface area contributed by atoms with Crippen LogP contribution in [0.4, 0.5) is 0 Å². The molecule has 0 saturated carbocycles. The monoisotopic (exact) mass is 278 g/mol. The molecule has 1 rings (SSSR count). The molecule has 0 aliphatic heterocycles. The second kappa shape index (κ2) is 5.02. The van der Waals surface area contributed by atoms with Gasteiger partial charge in [-0.1, -0.05) is 29.1 Å². The largest absolute Gasteiger partial charge is 0.243 e. The molecule has 1 unspecified atom stereocenters. The summed E-state index contributed by atoms with van der Waals surface area (Å²) in [7, 11) is -3.71. The van der Waals surface area contributed by atoms with Gasteiger partial charge >= 0.3 is 0 Å². The zero-order valence-corrected chi connectivity index (χ0v) is 10.6. The van der Waals surface area contributed by atoms with Gasteiger partial charge in [0, 0.05) is 6.20 Å². The van der Waals surface area contributed by atoms with Crippen molar-refractivity contribution in [3.63, 3.8) is 0 Å². The van der Waals surface area contributed by atoms with E-state index in [1.807, 2.05) is 0 Å². The van der Waals surface area contributed by atoms with E-state index in [2.05, 4.69) is 15.6 Å². The first-order chi connectivity index (χ1) is 7.36. The summed E-state index contributed by atoms with van der Waals surface area (Å²) in [5.74, 6) is 2.25. The Morgan fingerprint density at radius 2 is 2.19 bits per heavy atom. The van der Waals surface area contributed by atoms with Gasteiger partial charge in [0.05, 0.1) is 11.1 Å². The molecule has 4 nitrogen and oxygen atoms in total. The Hall–Kier alpha value is -0.800. The number of terminal acetylenes is 1. The van der Waals surface area contributed by atoms with Crippen LogP contribution in [0.15, 0.2) is 17.2 Å². The number of aromatic nitrogens is 1. The first kappa shape index (κ1) is 13.3. The van der Waals surface area contributed by atoms with Crippen molar-refractivity contribution >= 4 is 33.2 Å². The highest BCUT2D eigenvalue weighted by Gasteiger charge is 2.17. The Bertz CT molecular complexity index is 537. The molecule has 1 atom stereocenters. The summed E-state index contributed by atoms with van der Waals surface area (Å²) in [4.78, 5) is 3.56. The summed E-state index contributed by atoms with van der Waals surface area (Å²) in [5.41, 5.74) is 0. The molecule has 1 aromatic heterocycles. The maximum Gasteiger partial charge on any atom is 0.243 e. The van der Waals surface area contributed by atoms with Gasteiger partial charge in [0.15, 0.2) is 0 Å². The van der Waals surface area contributed by atoms with E-state index in [9.17, 15) is 8.42 Å². The van der Waals surface area contributed by atoms with E-state index in [1.54, 1.807) is 6.92 Å². The number of nitrogens with one attached hydrogen (secondary N) is 1. The van der Waals surface area contributed by atoms with Gasteiger partial charge in [-0.2, -0.15) is 4.72 Å². The Morgan fingerprint density at radius 1 is 1.56 bits per heavy atom. The van der Waals surface area contributed by atoms with Crippen molar-refractivity contribution in [1.29, 1.82) is 0 Å². The van der Waals surface area contributed by atoms with E-state index in [-0.39, 0.29) is 15.1 Å². The normalized spacial score (nSPS) is 13.1. The third-order valence-corrected chi connectivity index (χ3v) is 3.86. The molecule has 7 heteroatoms. The van der Waals surface area contributed by atoms with Gasteiger partial charge in [0.1, 0.15) is 10.0 Å². The highest BCUT2D eigenvalue weighted by Crippen LogP contribution is 2.22. The first-order valence-electron chi connectivity index (χ1n) is 4.16. The third-order valence-electron chi connectivity index (χ3n) is 1.66. The van der Waals surface area contributed by atoms with Crippen LogP contribution in [-0.2, 0) is 10.0 Å². The molecule has 1 aromatic rings. The van der Waals surface area contributed by atoms with Crippen molar-refractivity contribution in [3.05, 3.63) is 22.4 Å². The van der Waals surface area contributed by atoms with Crippen molar-refractivity contribution in [2.45, 2.75) is 17.9 Å². The molecule has 16 heavy (non-hydrogen) atoms. The van der Waals surface area contributed by atoms with Crippen LogP contribution in [0.1, 0.15) is 6.92 Å². The van der Waals surface area contributed by atoms with Gasteiger partial charge in [-0.25, -0.2) is 13.4 Å². The number of nitrogens with zero attached hydrogens (tertiary/aromatic N) is 1. The highest BCUT2D eigenvalue weighted by atomic mass is 35.5. The lowest BCUT2D eigenvalue weighted by atomic mass is 10.4. The second-order valence-corrected chi connectivity index (χ2v) is 5.43. The van der Waals surface area contributed by atoms with Crippen molar-refractivity contribution in [2.75, 3.05) is 0 Å². The minimum atomic E-state index is -3.71. The van der Waals surface area contributed by atoms with Crippen LogP contribution in [0.5, 0.6) is 0 Å². The van der Waals surface area contributed by atoms with Crippen LogP contribution < -0.4 is 4.72 Å². The fourth-order valence-electron chi connectivity index (χ4n) is 0.885. The predicted molar refractivity (Wildman–Crippen MR) is 62.9 cm³/mol. The molecule has 1 heterocycles. The van der Waals surface area contributed by atoms with E-state index in [4.69, 9.17) is 29.6 Å². The molecular formula is C9H8Cl2N2O2S. The average molecular weight is 279 g/mol. The zero-order chi connectivity index (χ0) is 12.3. The molecule has 0 amide bonds. The summed E-state index contributed by atoms with van der Waals surface area (Å²) >= 11 is 11.2. The summed E-state index contributed by atoms with van der Waals surface area (Å²) in [6.45, 7) is 1.54. The zero-order valence-electron chi connectivity index (χ0n) is 8.24. The standard InChI is InChI=1S/C9H8Cl2N2O2S/c1-3-6(2)13-16(14,15)7-4-8(10)9(11)12-5-7/h1,4-6,13H,2H3. The summed E-state index contributed by atoms with van der Waals surface area (Å²) in [6.07, 6.45) is 6.18. The SMILES string of the molecule is C#CC(C)NS(=O)(=O)c1cnc(Cl)c(Cl)c1. The Kier molecular flexibility index (Phi) is 4.16. The fourth-order valence-corrected chi connectivity index (χ4v) is 2.35. The molecule has 86 valence electrons. The Labute approximate surface area is 104 Å². The van der Waals surface area contributed by atoms with Gasteiger partial charge in [0.2, 0.25) is 10.0 Å². The number of sulfonamides is 1. The minimum absolute atomic E-state index is 0.0469. The number of rotatable bonds is 3. The topological polar surface area (TPSA) is 59.1 Å². The van der Waals surface area contributed by atoms with Crippen LogP contribution >= 0.6 is 23.2 Å². The third kappa shape index (κ3) is 3.09. The van der Waals surface area contributed by atoms with E-state index in [0.717, 1.165) is 6.20 Å². The minimum Gasteiger partial charge on any atom is -0.242 e. The summed E-state index contributed by atoms with van der Waals surface area (Å²) in [5, 5.41) is 0.114. The molecule has 0 fully saturated rings. The summed E-state index contributed by atoms with van der Waals surface area (Å²) in [6, 6.07) is 0.599. The molecule has 0 spiro atoms. The van der Waals surface area contributed by atoms with Gasteiger partial charge in [0.25, 0.3) is 0 Å². The molecule has 0 aliphatic carbocycles. The lowest BCUT2D eigenvalue weighted by Gasteiger charge is -2.08. The molecule has 0 bridgehead atoms. The lowest BCUT2D eigenvalue weighted by molar-refractivity contribution is 0.577. The van der Waals surface area contributed by atoms with Crippen molar-refractivity contribution in [3.8, 4) is 12.3 Å². The molecule has 1 N–H and O–H groups in total. The van der Waals surface area contributed by atoms with Crippen LogP contribution in [0.3, 0.4) is 0 Å². The van der Waals surface area contributed by atoms with Crippen molar-refractivity contribution < 1.29 is 8.42 Å². The van der Waals surface area contributed by atoms with E-state index in [1.165, 1.54) is 6.07 Å². The van der Waals surface area contributed by atoms with Crippen LogP contribution in [0, 0.1) is 12.3 Å². The van der Waals surface area contributed by atoms with Crippen molar-refractivity contribution in [1.82, 2.24) is 9.71 Å². The number of pyridine rings is 1. The van der Waals surface area contributed by atoms with Crippen molar-refractivity contribution in [2.24, 2.45) is 0 Å². The van der Waals surface area contributed by atoms with Gasteiger partial charge in [-0.05, 0) is 13.0 Å². The molecule has 0 aliphatic rings. The average Bonchev–Trinajstić information content (AvgIpc) is 2.21. The van der Waals surface area contributed by atoms with Gasteiger partial charge in [-0.15, -0.1) is 6.42 Å². The first-order valence-corrected chi connectivity index (χ1v) is 6.40. The Morgan fingerprint density at radius 3 is 2.69 bits per heavy atom. The second-order valence-electron chi connectivity index (χ2n) is 2.95. The van der Waals surface area contributed by atoms with Gasteiger partial charge in [-0.3, -0.25) is 0 Å². The maximum absolute atomic E-state index is 11.7. The van der Waals surface area contributed by atoms with Crippen LogP contribution in [0.2, 0.25) is 10.2 Å². The molecule has 0 aromatic carbocycles. The number of halogens is 2. The summed E-state index contributed by atoms with van der Waals surface area (Å²) < 4.78 is 25.7. The maximum atomic E-state index is 11.7. The molecular weight excluding hydrogens is 271 g/mol. The smallest absolute Gasteiger partial charge is 0.242 e. The van der Waals surface area contributed by atoms with E-state index < -0.39 is 16.1 Å².